The van der Waals surface area contributed by atoms with E-state index in [1.54, 1.807) is 0 Å². The molecule has 4 heteroatoms. The SMILES string of the molecule is CCCCOC(C)(C)CCC(=O)N1CCN(C)CC1. The zero-order valence-electron chi connectivity index (χ0n) is 13.1. The molecule has 1 rings (SSSR count). The van der Waals surface area contributed by atoms with E-state index in [1.165, 1.54) is 0 Å². The number of carbonyl (C=O) groups excluding carboxylic acids is 1. The molecule has 0 unspecified atom stereocenters. The second-order valence-corrected chi connectivity index (χ2v) is 6.15. The Morgan fingerprint density at radius 2 is 1.84 bits per heavy atom. The first kappa shape index (κ1) is 16.4. The van der Waals surface area contributed by atoms with Crippen LogP contribution >= 0.6 is 0 Å². The second-order valence-electron chi connectivity index (χ2n) is 6.15. The first-order valence-electron chi connectivity index (χ1n) is 7.55. The minimum absolute atomic E-state index is 0.183. The molecule has 0 aliphatic carbocycles. The fraction of sp³-hybridized carbons (Fsp3) is 0.933. The summed E-state index contributed by atoms with van der Waals surface area (Å²) in [7, 11) is 2.10. The summed E-state index contributed by atoms with van der Waals surface area (Å²) < 4.78 is 5.85. The van der Waals surface area contributed by atoms with E-state index in [0.29, 0.717) is 6.42 Å². The van der Waals surface area contributed by atoms with E-state index in [9.17, 15) is 4.79 Å². The minimum Gasteiger partial charge on any atom is -0.376 e. The van der Waals surface area contributed by atoms with E-state index < -0.39 is 0 Å². The quantitative estimate of drug-likeness (QED) is 0.664. The highest BCUT2D eigenvalue weighted by Crippen LogP contribution is 2.18. The normalized spacial score (nSPS) is 17.8. The molecule has 1 aliphatic heterocycles. The molecule has 1 aliphatic rings. The van der Waals surface area contributed by atoms with Crippen LogP contribution < -0.4 is 0 Å². The predicted molar refractivity (Wildman–Crippen MR) is 78.3 cm³/mol. The van der Waals surface area contributed by atoms with Crippen molar-refractivity contribution < 1.29 is 9.53 Å². The molecule has 0 aromatic carbocycles. The van der Waals surface area contributed by atoms with Crippen LogP contribution in [-0.2, 0) is 9.53 Å². The number of nitrogens with zero attached hydrogens (tertiary/aromatic N) is 2. The Bertz CT molecular complexity index is 271. The molecule has 112 valence electrons. The van der Waals surface area contributed by atoms with Gasteiger partial charge in [0, 0.05) is 39.2 Å². The van der Waals surface area contributed by atoms with Gasteiger partial charge in [-0.05, 0) is 33.7 Å². The summed E-state index contributed by atoms with van der Waals surface area (Å²) in [4.78, 5) is 16.4. The van der Waals surface area contributed by atoms with Crippen LogP contribution in [0.2, 0.25) is 0 Å². The molecular formula is C15H30N2O2. The Hall–Kier alpha value is -0.610. The number of hydrogen-bond donors (Lipinski definition) is 0. The molecular weight excluding hydrogens is 240 g/mol. The van der Waals surface area contributed by atoms with Gasteiger partial charge in [0.25, 0.3) is 0 Å². The average Bonchev–Trinajstić information content (AvgIpc) is 2.37. The van der Waals surface area contributed by atoms with Crippen molar-refractivity contribution in [1.82, 2.24) is 9.80 Å². The summed E-state index contributed by atoms with van der Waals surface area (Å²) in [6, 6.07) is 0. The maximum absolute atomic E-state index is 12.1. The van der Waals surface area contributed by atoms with E-state index in [2.05, 4.69) is 32.7 Å². The van der Waals surface area contributed by atoms with Crippen LogP contribution in [0.5, 0.6) is 0 Å². The average molecular weight is 270 g/mol. The van der Waals surface area contributed by atoms with Gasteiger partial charge in [0.2, 0.25) is 5.91 Å². The third-order valence-electron chi connectivity index (χ3n) is 3.79. The number of hydrogen-bond acceptors (Lipinski definition) is 3. The predicted octanol–water partition coefficient (Wildman–Crippen LogP) is 2.14. The lowest BCUT2D eigenvalue weighted by Gasteiger charge is -2.33. The van der Waals surface area contributed by atoms with Crippen molar-refractivity contribution in [2.24, 2.45) is 0 Å². The summed E-state index contributed by atoms with van der Waals surface area (Å²) in [6.45, 7) is 10.8. The maximum Gasteiger partial charge on any atom is 0.222 e. The van der Waals surface area contributed by atoms with Gasteiger partial charge in [0.15, 0.2) is 0 Å². The molecule has 1 saturated heterocycles. The Morgan fingerprint density at radius 1 is 1.21 bits per heavy atom. The number of carbonyl (C=O) groups is 1. The van der Waals surface area contributed by atoms with Gasteiger partial charge in [-0.3, -0.25) is 4.79 Å². The van der Waals surface area contributed by atoms with Crippen LogP contribution in [0.1, 0.15) is 46.5 Å². The first-order valence-corrected chi connectivity index (χ1v) is 7.55. The van der Waals surface area contributed by atoms with Crippen molar-refractivity contribution >= 4 is 5.91 Å². The van der Waals surface area contributed by atoms with E-state index >= 15 is 0 Å². The standard InChI is InChI=1S/C15H30N2O2/c1-5-6-13-19-15(2,3)8-7-14(18)17-11-9-16(4)10-12-17/h5-13H2,1-4H3. The number of rotatable bonds is 7. The van der Waals surface area contributed by atoms with Crippen LogP contribution in [0.3, 0.4) is 0 Å². The highest BCUT2D eigenvalue weighted by atomic mass is 16.5. The molecule has 0 aromatic heterocycles. The Kier molecular flexibility index (Phi) is 6.80. The van der Waals surface area contributed by atoms with Crippen molar-refractivity contribution in [1.29, 1.82) is 0 Å². The molecule has 1 amide bonds. The lowest BCUT2D eigenvalue weighted by Crippen LogP contribution is -2.47. The third kappa shape index (κ3) is 6.39. The fourth-order valence-electron chi connectivity index (χ4n) is 2.19. The van der Waals surface area contributed by atoms with E-state index in [-0.39, 0.29) is 11.5 Å². The van der Waals surface area contributed by atoms with Gasteiger partial charge in [-0.1, -0.05) is 13.3 Å². The number of amides is 1. The Balaban J connectivity index is 2.24. The fourth-order valence-corrected chi connectivity index (χ4v) is 2.19. The van der Waals surface area contributed by atoms with E-state index in [0.717, 1.165) is 52.0 Å². The van der Waals surface area contributed by atoms with Gasteiger partial charge in [0.1, 0.15) is 0 Å². The van der Waals surface area contributed by atoms with Gasteiger partial charge < -0.3 is 14.5 Å². The van der Waals surface area contributed by atoms with Crippen LogP contribution in [0, 0.1) is 0 Å². The molecule has 1 heterocycles. The van der Waals surface area contributed by atoms with Gasteiger partial charge >= 0.3 is 0 Å². The Morgan fingerprint density at radius 3 is 2.42 bits per heavy atom. The van der Waals surface area contributed by atoms with Crippen molar-refractivity contribution in [2.75, 3.05) is 39.8 Å². The Labute approximate surface area is 118 Å². The van der Waals surface area contributed by atoms with Crippen LogP contribution in [0.15, 0.2) is 0 Å². The lowest BCUT2D eigenvalue weighted by molar-refractivity contribution is -0.134. The smallest absolute Gasteiger partial charge is 0.222 e. The lowest BCUT2D eigenvalue weighted by atomic mass is 10.0. The summed E-state index contributed by atoms with van der Waals surface area (Å²) in [6.07, 6.45) is 3.65. The molecule has 19 heavy (non-hydrogen) atoms. The summed E-state index contributed by atoms with van der Waals surface area (Å²) in [5.74, 6) is 0.278. The molecule has 1 fully saturated rings. The molecule has 4 nitrogen and oxygen atoms in total. The monoisotopic (exact) mass is 270 g/mol. The van der Waals surface area contributed by atoms with Crippen LogP contribution in [-0.4, -0.2) is 61.1 Å². The zero-order chi connectivity index (χ0) is 14.3. The molecule has 0 saturated carbocycles. The molecule has 0 atom stereocenters. The van der Waals surface area contributed by atoms with Crippen molar-refractivity contribution in [3.63, 3.8) is 0 Å². The minimum atomic E-state index is -0.183. The molecule has 0 spiro atoms. The largest absolute Gasteiger partial charge is 0.376 e. The zero-order valence-corrected chi connectivity index (χ0v) is 13.1. The van der Waals surface area contributed by atoms with Gasteiger partial charge in [-0.2, -0.15) is 0 Å². The topological polar surface area (TPSA) is 32.8 Å². The highest BCUT2D eigenvalue weighted by Gasteiger charge is 2.23. The molecule has 0 aromatic rings. The summed E-state index contributed by atoms with van der Waals surface area (Å²) in [5, 5.41) is 0. The van der Waals surface area contributed by atoms with Crippen LogP contribution in [0.25, 0.3) is 0 Å². The van der Waals surface area contributed by atoms with Crippen molar-refractivity contribution in [3.05, 3.63) is 0 Å². The number of likely N-dealkylation sites (N-methyl/N-ethyl adjacent to an activating group) is 1. The summed E-state index contributed by atoms with van der Waals surface area (Å²) in [5.41, 5.74) is -0.183. The first-order chi connectivity index (χ1) is 8.94. The van der Waals surface area contributed by atoms with E-state index in [4.69, 9.17) is 4.74 Å². The van der Waals surface area contributed by atoms with Crippen molar-refractivity contribution in [3.8, 4) is 0 Å². The molecule has 0 N–H and O–H groups in total. The molecule has 0 radical (unpaired) electrons. The van der Waals surface area contributed by atoms with Crippen molar-refractivity contribution in [2.45, 2.75) is 52.1 Å². The van der Waals surface area contributed by atoms with Gasteiger partial charge in [-0.15, -0.1) is 0 Å². The highest BCUT2D eigenvalue weighted by molar-refractivity contribution is 5.76. The third-order valence-corrected chi connectivity index (χ3v) is 3.79. The van der Waals surface area contributed by atoms with Crippen LogP contribution in [0.4, 0.5) is 0 Å². The van der Waals surface area contributed by atoms with Gasteiger partial charge in [-0.25, -0.2) is 0 Å². The summed E-state index contributed by atoms with van der Waals surface area (Å²) >= 11 is 0. The second kappa shape index (κ2) is 7.85. The maximum atomic E-state index is 12.1. The molecule has 0 bridgehead atoms. The van der Waals surface area contributed by atoms with Gasteiger partial charge in [0.05, 0.1) is 5.60 Å². The number of piperazine rings is 1. The number of ether oxygens (including phenoxy) is 1. The van der Waals surface area contributed by atoms with E-state index in [1.807, 2.05) is 4.90 Å². The number of unbranched alkanes of at least 4 members (excludes halogenated alkanes) is 1.